The summed E-state index contributed by atoms with van der Waals surface area (Å²) in [6, 6.07) is 3.32. The Labute approximate surface area is 121 Å². The van der Waals surface area contributed by atoms with Crippen LogP contribution in [0.5, 0.6) is 0 Å². The molecule has 0 spiro atoms. The van der Waals surface area contributed by atoms with Crippen molar-refractivity contribution in [3.05, 3.63) is 23.3 Å². The lowest BCUT2D eigenvalue weighted by Gasteiger charge is -2.27. The Morgan fingerprint density at radius 2 is 1.90 bits per heavy atom. The van der Waals surface area contributed by atoms with Crippen molar-refractivity contribution in [2.45, 2.75) is 38.6 Å². The van der Waals surface area contributed by atoms with E-state index in [1.54, 1.807) is 20.1 Å². The zero-order valence-electron chi connectivity index (χ0n) is 12.8. The summed E-state index contributed by atoms with van der Waals surface area (Å²) in [5.41, 5.74) is 7.81. The van der Waals surface area contributed by atoms with Crippen molar-refractivity contribution in [3.63, 3.8) is 0 Å². The largest absolute Gasteiger partial charge is 0.398 e. The van der Waals surface area contributed by atoms with Crippen LogP contribution in [0.2, 0.25) is 0 Å². The third-order valence-electron chi connectivity index (χ3n) is 3.37. The summed E-state index contributed by atoms with van der Waals surface area (Å²) in [5.74, 6) is 0. The van der Waals surface area contributed by atoms with Crippen LogP contribution in [0, 0.1) is 13.8 Å². The van der Waals surface area contributed by atoms with Gasteiger partial charge in [0.05, 0.1) is 12.3 Å². The molecule has 0 unspecified atom stereocenters. The van der Waals surface area contributed by atoms with E-state index in [4.69, 9.17) is 10.5 Å². The lowest BCUT2D eigenvalue weighted by Crippen LogP contribution is -2.39. The first kappa shape index (κ1) is 16.9. The number of hydrogen-bond acceptors (Lipinski definition) is 4. The van der Waals surface area contributed by atoms with Gasteiger partial charge in [-0.25, -0.2) is 8.42 Å². The van der Waals surface area contributed by atoms with E-state index < -0.39 is 10.0 Å². The molecule has 0 atom stereocenters. The number of benzene rings is 1. The van der Waals surface area contributed by atoms with Gasteiger partial charge in [-0.15, -0.1) is 0 Å². The fourth-order valence-corrected chi connectivity index (χ4v) is 4.13. The number of rotatable bonds is 6. The molecular formula is C14H24N2O3S. The van der Waals surface area contributed by atoms with Crippen molar-refractivity contribution in [1.82, 2.24) is 4.31 Å². The number of aryl methyl sites for hydroxylation is 1. The Balaban J connectivity index is 3.37. The van der Waals surface area contributed by atoms with Gasteiger partial charge in [0.25, 0.3) is 0 Å². The van der Waals surface area contributed by atoms with Crippen LogP contribution in [0.1, 0.15) is 25.0 Å². The average Bonchev–Trinajstić information content (AvgIpc) is 2.34. The molecule has 114 valence electrons. The molecule has 6 heteroatoms. The molecule has 0 aliphatic rings. The van der Waals surface area contributed by atoms with E-state index >= 15 is 0 Å². The topological polar surface area (TPSA) is 72.6 Å². The standard InChI is InChI=1S/C14H24N2O3S/c1-10(2)16(8-9-19-5)20(17,18)14-12(4)11(3)6-7-13(14)15/h6-7,10H,8-9,15H2,1-5H3. The Bertz CT molecular complexity index is 568. The number of nitrogens with zero attached hydrogens (tertiary/aromatic N) is 1. The minimum Gasteiger partial charge on any atom is -0.398 e. The van der Waals surface area contributed by atoms with Crippen LogP contribution in [0.3, 0.4) is 0 Å². The van der Waals surface area contributed by atoms with Crippen molar-refractivity contribution in [2.75, 3.05) is 26.0 Å². The molecule has 0 saturated carbocycles. The molecule has 0 amide bonds. The number of hydrogen-bond donors (Lipinski definition) is 1. The highest BCUT2D eigenvalue weighted by Gasteiger charge is 2.30. The van der Waals surface area contributed by atoms with Crippen molar-refractivity contribution < 1.29 is 13.2 Å². The fraction of sp³-hybridized carbons (Fsp3) is 0.571. The maximum absolute atomic E-state index is 12.9. The number of nitrogen functional groups attached to an aromatic ring is 1. The highest BCUT2D eigenvalue weighted by molar-refractivity contribution is 7.89. The van der Waals surface area contributed by atoms with E-state index in [0.717, 1.165) is 5.56 Å². The monoisotopic (exact) mass is 300 g/mol. The van der Waals surface area contributed by atoms with Crippen LogP contribution in [0.25, 0.3) is 0 Å². The van der Waals surface area contributed by atoms with Gasteiger partial charge in [-0.2, -0.15) is 4.31 Å². The summed E-state index contributed by atoms with van der Waals surface area (Å²) in [7, 11) is -2.08. The molecule has 1 aromatic carbocycles. The Morgan fingerprint density at radius 1 is 1.30 bits per heavy atom. The third kappa shape index (κ3) is 3.31. The first-order valence-corrected chi connectivity index (χ1v) is 8.04. The molecule has 1 aromatic rings. The molecule has 0 saturated heterocycles. The Hall–Kier alpha value is -1.11. The summed E-state index contributed by atoms with van der Waals surface area (Å²) in [5, 5.41) is 0. The van der Waals surface area contributed by atoms with Crippen molar-refractivity contribution in [1.29, 1.82) is 0 Å². The highest BCUT2D eigenvalue weighted by atomic mass is 32.2. The molecule has 1 rings (SSSR count). The van der Waals surface area contributed by atoms with E-state index in [1.807, 2.05) is 26.8 Å². The smallest absolute Gasteiger partial charge is 0.245 e. The minimum absolute atomic E-state index is 0.158. The number of sulfonamides is 1. The van der Waals surface area contributed by atoms with Crippen LogP contribution in [-0.4, -0.2) is 39.0 Å². The second-order valence-corrected chi connectivity index (χ2v) is 6.96. The first-order valence-electron chi connectivity index (χ1n) is 6.60. The maximum Gasteiger partial charge on any atom is 0.245 e. The molecule has 0 aliphatic carbocycles. The predicted molar refractivity (Wildman–Crippen MR) is 81.2 cm³/mol. The highest BCUT2D eigenvalue weighted by Crippen LogP contribution is 2.29. The van der Waals surface area contributed by atoms with Gasteiger partial charge < -0.3 is 10.5 Å². The van der Waals surface area contributed by atoms with Crippen LogP contribution >= 0.6 is 0 Å². The van der Waals surface area contributed by atoms with E-state index in [1.165, 1.54) is 4.31 Å². The van der Waals surface area contributed by atoms with Crippen molar-refractivity contribution >= 4 is 15.7 Å². The van der Waals surface area contributed by atoms with E-state index in [-0.39, 0.29) is 16.6 Å². The van der Waals surface area contributed by atoms with Gasteiger partial charge in [0, 0.05) is 19.7 Å². The lowest BCUT2D eigenvalue weighted by molar-refractivity contribution is 0.171. The lowest BCUT2D eigenvalue weighted by atomic mass is 10.1. The van der Waals surface area contributed by atoms with Gasteiger partial charge in [-0.05, 0) is 44.9 Å². The van der Waals surface area contributed by atoms with Gasteiger partial charge in [0.1, 0.15) is 4.90 Å². The predicted octanol–water partition coefficient (Wildman–Crippen LogP) is 1.93. The molecule has 0 fully saturated rings. The van der Waals surface area contributed by atoms with Crippen molar-refractivity contribution in [2.24, 2.45) is 0 Å². The molecular weight excluding hydrogens is 276 g/mol. The maximum atomic E-state index is 12.9. The Kier molecular flexibility index (Phi) is 5.56. The van der Waals surface area contributed by atoms with Crippen LogP contribution in [0.15, 0.2) is 17.0 Å². The van der Waals surface area contributed by atoms with E-state index in [0.29, 0.717) is 18.7 Å². The summed E-state index contributed by atoms with van der Waals surface area (Å²) in [6.45, 7) is 8.00. The Morgan fingerprint density at radius 3 is 2.40 bits per heavy atom. The zero-order valence-corrected chi connectivity index (χ0v) is 13.6. The molecule has 2 N–H and O–H groups in total. The number of methoxy groups -OCH3 is 1. The molecule has 0 heterocycles. The van der Waals surface area contributed by atoms with Crippen LogP contribution < -0.4 is 5.73 Å². The minimum atomic E-state index is -3.63. The normalized spacial score (nSPS) is 12.3. The summed E-state index contributed by atoms with van der Waals surface area (Å²) in [4.78, 5) is 0.210. The molecule has 0 aromatic heterocycles. The van der Waals surface area contributed by atoms with Gasteiger partial charge in [-0.3, -0.25) is 0 Å². The SMILES string of the molecule is COCCN(C(C)C)S(=O)(=O)c1c(N)ccc(C)c1C. The number of anilines is 1. The molecule has 20 heavy (non-hydrogen) atoms. The van der Waals surface area contributed by atoms with Gasteiger partial charge in [0.2, 0.25) is 10.0 Å². The molecule has 0 radical (unpaired) electrons. The first-order chi connectivity index (χ1) is 9.23. The summed E-state index contributed by atoms with van der Waals surface area (Å²) in [6.07, 6.45) is 0. The second kappa shape index (κ2) is 6.56. The molecule has 5 nitrogen and oxygen atoms in total. The van der Waals surface area contributed by atoms with Crippen LogP contribution in [0.4, 0.5) is 5.69 Å². The van der Waals surface area contributed by atoms with Gasteiger partial charge in [-0.1, -0.05) is 6.07 Å². The average molecular weight is 300 g/mol. The van der Waals surface area contributed by atoms with Gasteiger partial charge in [0.15, 0.2) is 0 Å². The molecule has 0 aliphatic heterocycles. The number of nitrogens with two attached hydrogens (primary N) is 1. The van der Waals surface area contributed by atoms with E-state index in [2.05, 4.69) is 0 Å². The van der Waals surface area contributed by atoms with Crippen LogP contribution in [-0.2, 0) is 14.8 Å². The second-order valence-electron chi connectivity index (χ2n) is 5.13. The summed E-state index contributed by atoms with van der Waals surface area (Å²) < 4.78 is 32.2. The fourth-order valence-electron chi connectivity index (χ4n) is 2.11. The third-order valence-corrected chi connectivity index (χ3v) is 5.65. The quantitative estimate of drug-likeness (QED) is 0.815. The molecule has 0 bridgehead atoms. The van der Waals surface area contributed by atoms with Crippen molar-refractivity contribution in [3.8, 4) is 0 Å². The van der Waals surface area contributed by atoms with Gasteiger partial charge >= 0.3 is 0 Å². The summed E-state index contributed by atoms with van der Waals surface area (Å²) >= 11 is 0. The number of ether oxygens (including phenoxy) is 1. The van der Waals surface area contributed by atoms with E-state index in [9.17, 15) is 8.42 Å². The zero-order chi connectivity index (χ0) is 15.5.